The first kappa shape index (κ1) is 11.0. The second kappa shape index (κ2) is 6.43. The summed E-state index contributed by atoms with van der Waals surface area (Å²) in [6.07, 6.45) is 5.15. The number of rotatable bonds is 4. The van der Waals surface area contributed by atoms with Crippen LogP contribution < -0.4 is 0 Å². The van der Waals surface area contributed by atoms with Gasteiger partial charge in [0.15, 0.2) is 0 Å². The molecular weight excluding hydrogens is 198 g/mol. The molecule has 0 aromatic carbocycles. The van der Waals surface area contributed by atoms with E-state index in [1.54, 1.807) is 12.5 Å². The second-order valence-corrected chi connectivity index (χ2v) is 3.47. The van der Waals surface area contributed by atoms with Gasteiger partial charge in [0.25, 0.3) is 0 Å². The first-order valence-electron chi connectivity index (χ1n) is 4.43. The molecule has 0 N–H and O–H groups in total. The first-order chi connectivity index (χ1) is 6.83. The van der Waals surface area contributed by atoms with Crippen LogP contribution in [0.25, 0.3) is 0 Å². The Balaban J connectivity index is 2.13. The largest absolute Gasteiger partial charge is 0.458 e. The lowest BCUT2D eigenvalue weighted by atomic mass is 10.2. The van der Waals surface area contributed by atoms with E-state index in [-0.39, 0.29) is 5.30 Å². The average Bonchev–Trinajstić information content (AvgIpc) is 2.25. The molecular formula is C10H13NO2S. The van der Waals surface area contributed by atoms with Gasteiger partial charge in [0.05, 0.1) is 6.61 Å². The van der Waals surface area contributed by atoms with Crippen molar-refractivity contribution in [1.29, 1.82) is 0 Å². The van der Waals surface area contributed by atoms with E-state index in [1.165, 1.54) is 0 Å². The molecule has 1 heterocycles. The summed E-state index contributed by atoms with van der Waals surface area (Å²) in [6.45, 7) is 0.468. The Labute approximate surface area is 87.9 Å². The van der Waals surface area contributed by atoms with Crippen LogP contribution >= 0.6 is 11.8 Å². The summed E-state index contributed by atoms with van der Waals surface area (Å²) in [6, 6.07) is 5.81. The summed E-state index contributed by atoms with van der Waals surface area (Å²) >= 11 is 1.09. The van der Waals surface area contributed by atoms with Gasteiger partial charge < -0.3 is 4.74 Å². The number of carbonyl (C=O) groups is 1. The lowest BCUT2D eigenvalue weighted by molar-refractivity contribution is 0.173. The molecule has 76 valence electrons. The van der Waals surface area contributed by atoms with Crippen molar-refractivity contribution < 1.29 is 9.53 Å². The number of nitrogens with zero attached hydrogens (tertiary/aromatic N) is 1. The number of pyridine rings is 1. The molecule has 1 rings (SSSR count). The monoisotopic (exact) mass is 211 g/mol. The van der Waals surface area contributed by atoms with E-state index in [0.717, 1.165) is 30.3 Å². The van der Waals surface area contributed by atoms with E-state index in [2.05, 4.69) is 4.98 Å². The SMILES string of the molecule is CSC(=O)OCCCc1ccccn1. The topological polar surface area (TPSA) is 39.2 Å². The summed E-state index contributed by atoms with van der Waals surface area (Å²) < 4.78 is 4.91. The number of ether oxygens (including phenoxy) is 1. The van der Waals surface area contributed by atoms with Crippen LogP contribution in [0.5, 0.6) is 0 Å². The maximum absolute atomic E-state index is 10.7. The fourth-order valence-electron chi connectivity index (χ4n) is 1.01. The zero-order chi connectivity index (χ0) is 10.2. The van der Waals surface area contributed by atoms with E-state index in [4.69, 9.17) is 4.74 Å². The maximum Gasteiger partial charge on any atom is 0.367 e. The van der Waals surface area contributed by atoms with Crippen LogP contribution in [0.2, 0.25) is 0 Å². The molecule has 0 aliphatic rings. The molecule has 3 nitrogen and oxygen atoms in total. The van der Waals surface area contributed by atoms with Crippen molar-refractivity contribution in [2.24, 2.45) is 0 Å². The minimum absolute atomic E-state index is 0.217. The third kappa shape index (κ3) is 4.28. The Kier molecular flexibility index (Phi) is 5.07. The van der Waals surface area contributed by atoms with Crippen LogP contribution in [0.1, 0.15) is 12.1 Å². The molecule has 0 spiro atoms. The highest BCUT2D eigenvalue weighted by Crippen LogP contribution is 2.02. The zero-order valence-corrected chi connectivity index (χ0v) is 8.92. The van der Waals surface area contributed by atoms with Crippen LogP contribution in [-0.4, -0.2) is 23.1 Å². The smallest absolute Gasteiger partial charge is 0.367 e. The molecule has 4 heteroatoms. The van der Waals surface area contributed by atoms with Gasteiger partial charge in [-0.2, -0.15) is 0 Å². The van der Waals surface area contributed by atoms with Crippen LogP contribution in [0.15, 0.2) is 24.4 Å². The molecule has 0 bridgehead atoms. The number of thioether (sulfide) groups is 1. The van der Waals surface area contributed by atoms with Gasteiger partial charge in [0.1, 0.15) is 0 Å². The van der Waals surface area contributed by atoms with Gasteiger partial charge in [-0.25, -0.2) is 4.79 Å². The number of hydrogen-bond donors (Lipinski definition) is 0. The van der Waals surface area contributed by atoms with Crippen LogP contribution in [0.3, 0.4) is 0 Å². The summed E-state index contributed by atoms with van der Waals surface area (Å²) in [5.74, 6) is 0. The molecule has 1 aromatic rings. The standard InChI is InChI=1S/C10H13NO2S/c1-14-10(12)13-8-4-6-9-5-2-3-7-11-9/h2-3,5,7H,4,6,8H2,1H3. The predicted molar refractivity (Wildman–Crippen MR) is 57.4 cm³/mol. The van der Waals surface area contributed by atoms with E-state index in [1.807, 2.05) is 18.2 Å². The Morgan fingerprint density at radius 3 is 3.07 bits per heavy atom. The van der Waals surface area contributed by atoms with Gasteiger partial charge in [-0.1, -0.05) is 6.07 Å². The molecule has 0 radical (unpaired) electrons. The highest BCUT2D eigenvalue weighted by Gasteiger charge is 1.98. The summed E-state index contributed by atoms with van der Waals surface area (Å²) in [5.41, 5.74) is 1.03. The Morgan fingerprint density at radius 2 is 2.43 bits per heavy atom. The average molecular weight is 211 g/mol. The highest BCUT2D eigenvalue weighted by molar-refractivity contribution is 8.12. The third-order valence-corrected chi connectivity index (χ3v) is 2.14. The third-order valence-electron chi connectivity index (χ3n) is 1.69. The minimum atomic E-state index is -0.217. The van der Waals surface area contributed by atoms with Gasteiger partial charge >= 0.3 is 5.30 Å². The van der Waals surface area contributed by atoms with E-state index >= 15 is 0 Å². The Bertz CT molecular complexity index is 277. The molecule has 0 unspecified atom stereocenters. The highest BCUT2D eigenvalue weighted by atomic mass is 32.2. The van der Waals surface area contributed by atoms with Crippen molar-refractivity contribution in [3.63, 3.8) is 0 Å². The normalized spacial score (nSPS) is 9.79. The molecule has 14 heavy (non-hydrogen) atoms. The summed E-state index contributed by atoms with van der Waals surface area (Å²) in [7, 11) is 0. The van der Waals surface area contributed by atoms with Crippen molar-refractivity contribution in [2.75, 3.05) is 12.9 Å². The van der Waals surface area contributed by atoms with E-state index < -0.39 is 0 Å². The summed E-state index contributed by atoms with van der Waals surface area (Å²) in [5, 5.41) is -0.217. The molecule has 0 aliphatic heterocycles. The van der Waals surface area contributed by atoms with Gasteiger partial charge in [0.2, 0.25) is 0 Å². The van der Waals surface area contributed by atoms with Crippen molar-refractivity contribution in [3.05, 3.63) is 30.1 Å². The summed E-state index contributed by atoms with van der Waals surface area (Å²) in [4.78, 5) is 14.9. The van der Waals surface area contributed by atoms with Crippen molar-refractivity contribution in [3.8, 4) is 0 Å². The predicted octanol–water partition coefficient (Wildman–Crippen LogP) is 2.51. The van der Waals surface area contributed by atoms with Crippen molar-refractivity contribution in [2.45, 2.75) is 12.8 Å². The van der Waals surface area contributed by atoms with Gasteiger partial charge in [-0.3, -0.25) is 4.98 Å². The van der Waals surface area contributed by atoms with Gasteiger partial charge in [-0.15, -0.1) is 0 Å². The number of carbonyl (C=O) groups excluding carboxylic acids is 1. The quantitative estimate of drug-likeness (QED) is 0.566. The van der Waals surface area contributed by atoms with Gasteiger partial charge in [-0.05, 0) is 43.0 Å². The molecule has 0 atom stereocenters. The van der Waals surface area contributed by atoms with Crippen LogP contribution in [0, 0.1) is 0 Å². The molecule has 1 aromatic heterocycles. The molecule has 0 amide bonds. The first-order valence-corrected chi connectivity index (χ1v) is 5.66. The second-order valence-electron chi connectivity index (χ2n) is 2.73. The van der Waals surface area contributed by atoms with E-state index in [0.29, 0.717) is 6.61 Å². The fraction of sp³-hybridized carbons (Fsp3) is 0.400. The number of hydrogen-bond acceptors (Lipinski definition) is 4. The fourth-order valence-corrected chi connectivity index (χ4v) is 1.21. The lowest BCUT2D eigenvalue weighted by Gasteiger charge is -2.01. The van der Waals surface area contributed by atoms with E-state index in [9.17, 15) is 4.79 Å². The van der Waals surface area contributed by atoms with Crippen molar-refractivity contribution >= 4 is 17.1 Å². The van der Waals surface area contributed by atoms with Crippen LogP contribution in [0.4, 0.5) is 4.79 Å². The minimum Gasteiger partial charge on any atom is -0.458 e. The number of aromatic nitrogens is 1. The Morgan fingerprint density at radius 1 is 1.57 bits per heavy atom. The molecule has 0 saturated carbocycles. The molecule has 0 saturated heterocycles. The zero-order valence-electron chi connectivity index (χ0n) is 8.10. The Hall–Kier alpha value is -1.03. The number of aryl methyl sites for hydroxylation is 1. The van der Waals surface area contributed by atoms with Gasteiger partial charge in [0, 0.05) is 11.9 Å². The molecule has 0 aliphatic carbocycles. The molecule has 0 fully saturated rings. The maximum atomic E-state index is 10.7. The van der Waals surface area contributed by atoms with Crippen molar-refractivity contribution in [1.82, 2.24) is 4.98 Å². The lowest BCUT2D eigenvalue weighted by Crippen LogP contribution is -2.00. The van der Waals surface area contributed by atoms with Crippen LogP contribution in [-0.2, 0) is 11.2 Å².